The zero-order chi connectivity index (χ0) is 17.8. The molecule has 3 nitrogen and oxygen atoms in total. The van der Waals surface area contributed by atoms with E-state index in [2.05, 4.69) is 0 Å². The third-order valence-corrected chi connectivity index (χ3v) is 3.98. The van der Waals surface area contributed by atoms with Crippen molar-refractivity contribution in [3.8, 4) is 11.3 Å². The van der Waals surface area contributed by atoms with E-state index in [1.54, 1.807) is 71.5 Å². The topological polar surface area (TPSA) is 24.2 Å². The normalized spacial score (nSPS) is 16.6. The van der Waals surface area contributed by atoms with Crippen molar-refractivity contribution in [3.63, 3.8) is 0 Å². The van der Waals surface area contributed by atoms with Crippen LogP contribution in [-0.2, 0) is 11.8 Å². The first-order valence-corrected chi connectivity index (χ1v) is 7.80. The second-order valence-electron chi connectivity index (χ2n) is 5.66. The maximum absolute atomic E-state index is 14.5. The van der Waals surface area contributed by atoms with Gasteiger partial charge in [-0.25, -0.2) is 13.3 Å². The predicted molar refractivity (Wildman–Crippen MR) is 92.0 cm³/mol. The molecule has 0 N–H and O–H groups in total. The molecule has 1 unspecified atom stereocenters. The van der Waals surface area contributed by atoms with Crippen LogP contribution >= 0.6 is 0 Å². The lowest BCUT2D eigenvalue weighted by Crippen LogP contribution is -2.30. The summed E-state index contributed by atoms with van der Waals surface area (Å²) in [6.07, 6.45) is 12.9. The number of carbonyl (C=O) groups excluding carboxylic acids is 1. The number of pyridine rings is 1. The molecule has 1 atom stereocenters. The molecule has 1 aliphatic heterocycles. The molecule has 5 heteroatoms. The summed E-state index contributed by atoms with van der Waals surface area (Å²) in [6.45, 7) is 0. The van der Waals surface area contributed by atoms with E-state index in [9.17, 15) is 13.6 Å². The van der Waals surface area contributed by atoms with E-state index in [0.717, 1.165) is 12.4 Å². The third-order valence-electron chi connectivity index (χ3n) is 3.98. The summed E-state index contributed by atoms with van der Waals surface area (Å²) in [4.78, 5) is 12.8. The van der Waals surface area contributed by atoms with Gasteiger partial charge in [-0.2, -0.15) is 0 Å². The minimum atomic E-state index is -0.652. The van der Waals surface area contributed by atoms with E-state index in [-0.39, 0.29) is 0 Å². The number of hydrogen-bond acceptors (Lipinski definition) is 2. The van der Waals surface area contributed by atoms with Crippen LogP contribution in [0.3, 0.4) is 0 Å². The Morgan fingerprint density at radius 2 is 2.04 bits per heavy atom. The standard InChI is InChI=1S/C20H17F2N2O/c1-23-9-4-3-7-19(23)20-15(12-16(21)13-18(20)22)8-11-24-10-5-2-6-17(24)14-25/h2-14,17H,1H3/q+1. The summed E-state index contributed by atoms with van der Waals surface area (Å²) >= 11 is 0. The number of carbonyl (C=O) groups is 1. The lowest BCUT2D eigenvalue weighted by atomic mass is 10.0. The van der Waals surface area contributed by atoms with Crippen molar-refractivity contribution in [1.29, 1.82) is 0 Å². The molecule has 2 heterocycles. The van der Waals surface area contributed by atoms with Crippen molar-refractivity contribution in [2.75, 3.05) is 0 Å². The lowest BCUT2D eigenvalue weighted by Gasteiger charge is -2.22. The van der Waals surface area contributed by atoms with Gasteiger partial charge in [-0.3, -0.25) is 0 Å². The minimum Gasteiger partial charge on any atom is -0.341 e. The Balaban J connectivity index is 2.06. The Hall–Kier alpha value is -3.08. The van der Waals surface area contributed by atoms with Gasteiger partial charge >= 0.3 is 0 Å². The summed E-state index contributed by atoms with van der Waals surface area (Å²) in [5, 5.41) is 0. The number of halogens is 2. The fourth-order valence-electron chi connectivity index (χ4n) is 2.74. The molecule has 0 fully saturated rings. The molecule has 126 valence electrons. The van der Waals surface area contributed by atoms with Gasteiger partial charge in [-0.05, 0) is 29.8 Å². The van der Waals surface area contributed by atoms with Crippen LogP contribution in [0.2, 0.25) is 0 Å². The van der Waals surface area contributed by atoms with Crippen molar-refractivity contribution in [1.82, 2.24) is 4.90 Å². The molecule has 0 aliphatic carbocycles. The average Bonchev–Trinajstić information content (AvgIpc) is 2.61. The van der Waals surface area contributed by atoms with Crippen LogP contribution in [0.5, 0.6) is 0 Å². The second-order valence-corrected chi connectivity index (χ2v) is 5.66. The quantitative estimate of drug-likeness (QED) is 0.630. The number of allylic oxidation sites excluding steroid dienone is 2. The Bertz CT molecular complexity index is 887. The van der Waals surface area contributed by atoms with Crippen LogP contribution in [0.15, 0.2) is 67.2 Å². The largest absolute Gasteiger partial charge is 0.341 e. The van der Waals surface area contributed by atoms with Crippen LogP contribution in [0.1, 0.15) is 5.56 Å². The molecule has 0 saturated carbocycles. The molecule has 0 radical (unpaired) electrons. The predicted octanol–water partition coefficient (Wildman–Crippen LogP) is 3.38. The van der Waals surface area contributed by atoms with E-state index >= 15 is 0 Å². The summed E-state index contributed by atoms with van der Waals surface area (Å²) in [5.74, 6) is -1.29. The highest BCUT2D eigenvalue weighted by molar-refractivity contribution is 5.72. The summed E-state index contributed by atoms with van der Waals surface area (Å²) in [5.41, 5.74) is 1.33. The van der Waals surface area contributed by atoms with Crippen molar-refractivity contribution >= 4 is 12.4 Å². The van der Waals surface area contributed by atoms with Gasteiger partial charge < -0.3 is 9.69 Å². The molecule has 0 saturated heterocycles. The Morgan fingerprint density at radius 3 is 2.80 bits per heavy atom. The fraction of sp³-hybridized carbons (Fsp3) is 0.100. The maximum Gasteiger partial charge on any atom is 0.215 e. The van der Waals surface area contributed by atoms with Crippen molar-refractivity contribution in [3.05, 3.63) is 84.4 Å². The number of rotatable bonds is 4. The van der Waals surface area contributed by atoms with E-state index in [1.165, 1.54) is 6.07 Å². The summed E-state index contributed by atoms with van der Waals surface area (Å²) in [6, 6.07) is 7.12. The molecule has 25 heavy (non-hydrogen) atoms. The smallest absolute Gasteiger partial charge is 0.215 e. The van der Waals surface area contributed by atoms with Crippen LogP contribution in [0, 0.1) is 11.6 Å². The molecule has 0 bridgehead atoms. The highest BCUT2D eigenvalue weighted by atomic mass is 19.1. The Morgan fingerprint density at radius 1 is 1.20 bits per heavy atom. The zero-order valence-corrected chi connectivity index (χ0v) is 13.6. The van der Waals surface area contributed by atoms with Gasteiger partial charge in [0.2, 0.25) is 5.69 Å². The number of benzene rings is 1. The summed E-state index contributed by atoms with van der Waals surface area (Å²) < 4.78 is 30.0. The molecule has 1 aromatic carbocycles. The number of hydrogen-bond donors (Lipinski definition) is 0. The lowest BCUT2D eigenvalue weighted by molar-refractivity contribution is -0.660. The van der Waals surface area contributed by atoms with Crippen molar-refractivity contribution in [2.24, 2.45) is 7.05 Å². The van der Waals surface area contributed by atoms with Gasteiger partial charge in [-0.15, -0.1) is 0 Å². The number of aldehydes is 1. The molecule has 0 spiro atoms. The number of aryl methyl sites for hydroxylation is 1. The maximum atomic E-state index is 14.5. The highest BCUT2D eigenvalue weighted by Crippen LogP contribution is 2.27. The number of nitrogens with zero attached hydrogens (tertiary/aromatic N) is 2. The first-order valence-electron chi connectivity index (χ1n) is 7.80. The average molecular weight is 339 g/mol. The van der Waals surface area contributed by atoms with E-state index < -0.39 is 17.7 Å². The molecular weight excluding hydrogens is 322 g/mol. The highest BCUT2D eigenvalue weighted by Gasteiger charge is 2.19. The van der Waals surface area contributed by atoms with E-state index in [4.69, 9.17) is 0 Å². The third kappa shape index (κ3) is 3.55. The van der Waals surface area contributed by atoms with Crippen molar-refractivity contribution in [2.45, 2.75) is 6.04 Å². The molecule has 1 aromatic heterocycles. The molecule has 1 aliphatic rings. The van der Waals surface area contributed by atoms with Crippen molar-refractivity contribution < 1.29 is 18.1 Å². The van der Waals surface area contributed by atoms with Gasteiger partial charge in [0.05, 0.1) is 5.56 Å². The molecule has 2 aromatic rings. The number of aromatic nitrogens is 1. The SMILES string of the molecule is C[n+]1ccccc1-c1c(F)cc(F)cc1/C=C\N1C=CC=CC1C=O. The summed E-state index contributed by atoms with van der Waals surface area (Å²) in [7, 11) is 1.80. The Kier molecular flexibility index (Phi) is 4.84. The first-order chi connectivity index (χ1) is 12.1. The molecular formula is C20H17F2N2O+. The van der Waals surface area contributed by atoms with Crippen LogP contribution in [0.25, 0.3) is 17.3 Å². The van der Waals surface area contributed by atoms with Gasteiger partial charge in [0.25, 0.3) is 0 Å². The fourth-order valence-corrected chi connectivity index (χ4v) is 2.74. The van der Waals surface area contributed by atoms with E-state index in [1.807, 2.05) is 6.07 Å². The zero-order valence-electron chi connectivity index (χ0n) is 13.6. The van der Waals surface area contributed by atoms with Gasteiger partial charge in [0.1, 0.15) is 31.0 Å². The minimum absolute atomic E-state index is 0.305. The first kappa shape index (κ1) is 16.8. The Labute approximate surface area is 144 Å². The van der Waals surface area contributed by atoms with Crippen LogP contribution < -0.4 is 4.57 Å². The van der Waals surface area contributed by atoms with Gasteiger partial charge in [-0.1, -0.05) is 12.2 Å². The van der Waals surface area contributed by atoms with E-state index in [0.29, 0.717) is 16.8 Å². The van der Waals surface area contributed by atoms with Gasteiger partial charge in [0.15, 0.2) is 6.20 Å². The van der Waals surface area contributed by atoms with Crippen LogP contribution in [0.4, 0.5) is 8.78 Å². The molecule has 3 rings (SSSR count). The van der Waals surface area contributed by atoms with Crippen LogP contribution in [-0.4, -0.2) is 17.2 Å². The van der Waals surface area contributed by atoms with Gasteiger partial charge in [0, 0.05) is 30.6 Å². The monoisotopic (exact) mass is 339 g/mol. The molecule has 0 amide bonds. The second kappa shape index (κ2) is 7.21.